The fourth-order valence-corrected chi connectivity index (χ4v) is 3.27. The number of hydrogen-bond acceptors (Lipinski definition) is 4. The molecule has 0 spiro atoms. The van der Waals surface area contributed by atoms with Crippen molar-refractivity contribution in [2.24, 2.45) is 0 Å². The van der Waals surface area contributed by atoms with Crippen LogP contribution in [0.5, 0.6) is 0 Å². The highest BCUT2D eigenvalue weighted by Crippen LogP contribution is 2.32. The van der Waals surface area contributed by atoms with E-state index < -0.39 is 5.60 Å². The maximum atomic E-state index is 12.6. The van der Waals surface area contributed by atoms with Crippen molar-refractivity contribution < 1.29 is 14.7 Å². The van der Waals surface area contributed by atoms with Crippen molar-refractivity contribution >= 4 is 29.2 Å². The summed E-state index contributed by atoms with van der Waals surface area (Å²) in [6.45, 7) is 0.786. The molecule has 0 unspecified atom stereocenters. The molecule has 0 saturated carbocycles. The first-order chi connectivity index (χ1) is 12.9. The highest BCUT2D eigenvalue weighted by Gasteiger charge is 2.35. The number of urea groups is 1. The first-order valence-corrected chi connectivity index (χ1v) is 9.01. The minimum absolute atomic E-state index is 0.262. The lowest BCUT2D eigenvalue weighted by molar-refractivity contribution is -0.0159. The minimum atomic E-state index is -0.984. The number of amides is 3. The minimum Gasteiger partial charge on any atom is -0.385 e. The monoisotopic (exact) mass is 388 g/mol. The van der Waals surface area contributed by atoms with Crippen LogP contribution >= 0.6 is 11.6 Å². The molecule has 2 aromatic rings. The second-order valence-electron chi connectivity index (χ2n) is 6.46. The summed E-state index contributed by atoms with van der Waals surface area (Å²) in [5.41, 5.74) is 0.547. The lowest BCUT2D eigenvalue weighted by Crippen LogP contribution is -2.46. The van der Waals surface area contributed by atoms with E-state index >= 15 is 0 Å². The largest absolute Gasteiger partial charge is 0.385 e. The summed E-state index contributed by atoms with van der Waals surface area (Å²) in [5.74, 6) is -0.262. The van der Waals surface area contributed by atoms with Crippen LogP contribution in [-0.4, -0.2) is 47.1 Å². The Kier molecular flexibility index (Phi) is 5.62. The molecule has 3 rings (SSSR count). The molecule has 1 saturated heterocycles. The maximum absolute atomic E-state index is 12.6. The molecule has 1 aliphatic heterocycles. The Morgan fingerprint density at radius 1 is 1.26 bits per heavy atom. The normalized spacial score (nSPS) is 15.9. The van der Waals surface area contributed by atoms with E-state index in [2.05, 4.69) is 15.6 Å². The average molecular weight is 389 g/mol. The molecule has 2 heterocycles. The lowest BCUT2D eigenvalue weighted by Gasteiger charge is -2.38. The van der Waals surface area contributed by atoms with Crippen molar-refractivity contribution in [3.63, 3.8) is 0 Å². The molecule has 27 heavy (non-hydrogen) atoms. The number of hydrogen-bond donors (Lipinski definition) is 3. The maximum Gasteiger partial charge on any atom is 0.321 e. The van der Waals surface area contributed by atoms with Gasteiger partial charge in [0.25, 0.3) is 5.91 Å². The predicted molar refractivity (Wildman–Crippen MR) is 103 cm³/mol. The van der Waals surface area contributed by atoms with Gasteiger partial charge in [-0.25, -0.2) is 4.79 Å². The number of carbonyl (C=O) groups excluding carboxylic acids is 2. The van der Waals surface area contributed by atoms with Crippen molar-refractivity contribution in [3.8, 4) is 0 Å². The molecule has 0 radical (unpaired) electrons. The van der Waals surface area contributed by atoms with E-state index in [9.17, 15) is 14.7 Å². The fourth-order valence-electron chi connectivity index (χ4n) is 3.11. The van der Waals surface area contributed by atoms with E-state index in [0.717, 1.165) is 5.56 Å². The third kappa shape index (κ3) is 4.20. The van der Waals surface area contributed by atoms with E-state index in [0.29, 0.717) is 42.2 Å². The van der Waals surface area contributed by atoms with Gasteiger partial charge in [0.15, 0.2) is 0 Å². The fraction of sp³-hybridized carbons (Fsp3) is 0.316. The Labute approximate surface area is 162 Å². The highest BCUT2D eigenvalue weighted by atomic mass is 35.5. The smallest absolute Gasteiger partial charge is 0.321 e. The van der Waals surface area contributed by atoms with Gasteiger partial charge in [0, 0.05) is 43.7 Å². The van der Waals surface area contributed by atoms with E-state index in [1.807, 2.05) is 6.07 Å². The molecule has 0 atom stereocenters. The number of aliphatic hydroxyl groups is 1. The molecule has 3 N–H and O–H groups in total. The Morgan fingerprint density at radius 3 is 2.63 bits per heavy atom. The number of piperidine rings is 1. The number of rotatable bonds is 3. The number of halogens is 1. The Balaban J connectivity index is 1.66. The summed E-state index contributed by atoms with van der Waals surface area (Å²) >= 11 is 6.14. The Morgan fingerprint density at radius 2 is 2.00 bits per heavy atom. The molecular weight excluding hydrogens is 368 g/mol. The van der Waals surface area contributed by atoms with E-state index in [1.165, 1.54) is 13.1 Å². The SMILES string of the molecule is CNC(=O)c1ccc(Cl)c(NC(=O)N2CCC(O)(c3cccnc3)CC2)c1. The van der Waals surface area contributed by atoms with Gasteiger partial charge in [-0.15, -0.1) is 0 Å². The van der Waals surface area contributed by atoms with E-state index in [-0.39, 0.29) is 11.9 Å². The number of likely N-dealkylation sites (tertiary alicyclic amines) is 1. The van der Waals surface area contributed by atoms with Crippen LogP contribution in [0.15, 0.2) is 42.7 Å². The van der Waals surface area contributed by atoms with Gasteiger partial charge in [-0.1, -0.05) is 17.7 Å². The van der Waals surface area contributed by atoms with Crippen molar-refractivity contribution in [2.75, 3.05) is 25.5 Å². The van der Waals surface area contributed by atoms with Gasteiger partial charge >= 0.3 is 6.03 Å². The topological polar surface area (TPSA) is 94.6 Å². The van der Waals surface area contributed by atoms with Gasteiger partial charge in [-0.3, -0.25) is 9.78 Å². The molecule has 1 aliphatic rings. The van der Waals surface area contributed by atoms with Gasteiger partial charge in [-0.2, -0.15) is 0 Å². The zero-order valence-corrected chi connectivity index (χ0v) is 15.7. The summed E-state index contributed by atoms with van der Waals surface area (Å²) < 4.78 is 0. The number of pyridine rings is 1. The number of benzene rings is 1. The number of aromatic nitrogens is 1. The lowest BCUT2D eigenvalue weighted by atomic mass is 9.85. The van der Waals surface area contributed by atoms with E-state index in [4.69, 9.17) is 11.6 Å². The molecule has 0 aliphatic carbocycles. The molecule has 142 valence electrons. The number of anilines is 1. The summed E-state index contributed by atoms with van der Waals surface area (Å²) in [4.78, 5) is 30.0. The van der Waals surface area contributed by atoms with Gasteiger partial charge in [0.1, 0.15) is 0 Å². The average Bonchev–Trinajstić information content (AvgIpc) is 2.70. The molecular formula is C19H21ClN4O3. The Bertz CT molecular complexity index is 836. The van der Waals surface area contributed by atoms with E-state index in [1.54, 1.807) is 35.5 Å². The molecule has 7 nitrogen and oxygen atoms in total. The van der Waals surface area contributed by atoms with Gasteiger partial charge in [0.2, 0.25) is 0 Å². The van der Waals surface area contributed by atoms with Crippen molar-refractivity contribution in [3.05, 3.63) is 58.9 Å². The number of nitrogens with zero attached hydrogens (tertiary/aromatic N) is 2. The molecule has 0 bridgehead atoms. The van der Waals surface area contributed by atoms with Crippen LogP contribution in [0.4, 0.5) is 10.5 Å². The zero-order chi connectivity index (χ0) is 19.4. The summed E-state index contributed by atoms with van der Waals surface area (Å²) in [5, 5.41) is 16.5. The van der Waals surface area contributed by atoms with Crippen LogP contribution in [0.25, 0.3) is 0 Å². The number of nitrogens with one attached hydrogen (secondary N) is 2. The molecule has 3 amide bonds. The van der Waals surface area contributed by atoms with Crippen molar-refractivity contribution in [1.82, 2.24) is 15.2 Å². The van der Waals surface area contributed by atoms with Gasteiger partial charge in [-0.05, 0) is 37.1 Å². The summed E-state index contributed by atoms with van der Waals surface area (Å²) in [7, 11) is 1.53. The first kappa shape index (κ1) is 19.1. The van der Waals surface area contributed by atoms with Crippen molar-refractivity contribution in [2.45, 2.75) is 18.4 Å². The number of carbonyl (C=O) groups is 2. The van der Waals surface area contributed by atoms with Crippen LogP contribution in [0, 0.1) is 0 Å². The zero-order valence-electron chi connectivity index (χ0n) is 14.9. The van der Waals surface area contributed by atoms with Crippen LogP contribution in [0.2, 0.25) is 5.02 Å². The molecule has 8 heteroatoms. The van der Waals surface area contributed by atoms with Crippen molar-refractivity contribution in [1.29, 1.82) is 0 Å². The molecule has 1 fully saturated rings. The van der Waals surface area contributed by atoms with Crippen LogP contribution in [-0.2, 0) is 5.60 Å². The van der Waals surface area contributed by atoms with Gasteiger partial charge < -0.3 is 20.6 Å². The van der Waals surface area contributed by atoms with Crippen LogP contribution in [0.1, 0.15) is 28.8 Å². The highest BCUT2D eigenvalue weighted by molar-refractivity contribution is 6.33. The quantitative estimate of drug-likeness (QED) is 0.753. The second-order valence-corrected chi connectivity index (χ2v) is 6.87. The third-order valence-electron chi connectivity index (χ3n) is 4.77. The standard InChI is InChI=1S/C19H21ClN4O3/c1-21-17(25)13-4-5-15(20)16(11-13)23-18(26)24-9-6-19(27,7-10-24)14-3-2-8-22-12-14/h2-5,8,11-12,27H,6-7,9-10H2,1H3,(H,21,25)(H,23,26). The van der Waals surface area contributed by atoms with Gasteiger partial charge in [0.05, 0.1) is 16.3 Å². The van der Waals surface area contributed by atoms with Crippen LogP contribution in [0.3, 0.4) is 0 Å². The second kappa shape index (κ2) is 7.94. The third-order valence-corrected chi connectivity index (χ3v) is 5.10. The molecule has 1 aromatic carbocycles. The first-order valence-electron chi connectivity index (χ1n) is 8.63. The van der Waals surface area contributed by atoms with Crippen LogP contribution < -0.4 is 10.6 Å². The molecule has 1 aromatic heterocycles. The summed E-state index contributed by atoms with van der Waals surface area (Å²) in [6, 6.07) is 8.00. The predicted octanol–water partition coefficient (Wildman–Crippen LogP) is 2.61. The Hall–Kier alpha value is -2.64. The summed E-state index contributed by atoms with van der Waals surface area (Å²) in [6.07, 6.45) is 4.14.